The van der Waals surface area contributed by atoms with E-state index in [0.29, 0.717) is 4.85 Å². The van der Waals surface area contributed by atoms with Crippen LogP contribution >= 0.6 is 0 Å². The predicted octanol–water partition coefficient (Wildman–Crippen LogP) is -0.0155. The normalized spacial score (nSPS) is 10.5. The van der Waals surface area contributed by atoms with Crippen LogP contribution < -0.4 is 10.6 Å². The van der Waals surface area contributed by atoms with Crippen LogP contribution in [0.1, 0.15) is 0 Å². The Bertz CT molecular complexity index is 468. The fourth-order valence-corrected chi connectivity index (χ4v) is 1.04. The number of nitrogens with zero attached hydrogens (tertiary/aromatic N) is 3. The predicted molar refractivity (Wildman–Crippen MR) is 42.9 cm³/mol. The third-order valence-electron chi connectivity index (χ3n) is 1.57. The molecule has 1 aromatic carbocycles. The Morgan fingerprint density at radius 2 is 2.23 bits per heavy atom. The lowest BCUT2D eigenvalue weighted by atomic mass is 10.3. The highest BCUT2D eigenvalue weighted by atomic mass is 19.1. The number of aromatic nitrogens is 3. The molecule has 1 aromatic heterocycles. The second-order valence-corrected chi connectivity index (χ2v) is 2.48. The lowest BCUT2D eigenvalue weighted by Gasteiger charge is -1.98. The lowest BCUT2D eigenvalue weighted by Crippen LogP contribution is -2.33. The van der Waals surface area contributed by atoms with Gasteiger partial charge in [-0.25, -0.2) is 9.37 Å². The Morgan fingerprint density at radius 1 is 1.46 bits per heavy atom. The van der Waals surface area contributed by atoms with Crippen molar-refractivity contribution in [3.63, 3.8) is 0 Å². The number of halogens is 1. The Hall–Kier alpha value is -1.98. The van der Waals surface area contributed by atoms with Crippen molar-refractivity contribution in [1.82, 2.24) is 10.1 Å². The molecule has 0 fully saturated rings. The first-order valence-electron chi connectivity index (χ1n) is 3.49. The zero-order valence-corrected chi connectivity index (χ0v) is 6.44. The summed E-state index contributed by atoms with van der Waals surface area (Å²) in [7, 11) is 0. The molecule has 0 unspecified atom stereocenters. The largest absolute Gasteiger partial charge is 0.594 e. The van der Waals surface area contributed by atoms with Crippen molar-refractivity contribution >= 4 is 17.0 Å². The second-order valence-electron chi connectivity index (χ2n) is 2.48. The number of benzene rings is 1. The molecule has 2 aromatic rings. The summed E-state index contributed by atoms with van der Waals surface area (Å²) in [5.41, 5.74) is 5.60. The summed E-state index contributed by atoms with van der Waals surface area (Å²) in [6.07, 6.45) is 0. The highest BCUT2D eigenvalue weighted by Gasteiger charge is 2.08. The molecule has 0 amide bonds. The average Bonchev–Trinajstić information content (AvgIpc) is 2.02. The molecule has 0 spiro atoms. The first-order valence-corrected chi connectivity index (χ1v) is 3.49. The van der Waals surface area contributed by atoms with Crippen LogP contribution in [0.5, 0.6) is 0 Å². The fraction of sp³-hybridized carbons (Fsp3) is 0. The highest BCUT2D eigenvalue weighted by molar-refractivity contribution is 5.71. The minimum Gasteiger partial charge on any atom is -0.594 e. The number of nitrogen functional groups attached to an aromatic ring is 1. The van der Waals surface area contributed by atoms with Crippen LogP contribution in [0.4, 0.5) is 10.3 Å². The summed E-state index contributed by atoms with van der Waals surface area (Å²) in [4.78, 5) is 4.02. The van der Waals surface area contributed by atoms with Crippen LogP contribution in [0.15, 0.2) is 18.2 Å². The van der Waals surface area contributed by atoms with Gasteiger partial charge in [0.25, 0.3) is 11.5 Å². The van der Waals surface area contributed by atoms with E-state index in [0.717, 1.165) is 12.1 Å². The number of anilines is 1. The topological polar surface area (TPSA) is 78.7 Å². The molecule has 0 saturated carbocycles. The van der Waals surface area contributed by atoms with Crippen molar-refractivity contribution in [3.05, 3.63) is 29.2 Å². The molecule has 13 heavy (non-hydrogen) atoms. The zero-order valence-electron chi connectivity index (χ0n) is 6.44. The number of nitrogens with two attached hydrogens (primary N) is 1. The maximum atomic E-state index is 12.7. The van der Waals surface area contributed by atoms with E-state index in [4.69, 9.17) is 5.73 Å². The molecular formula is C7H5FN4O. The summed E-state index contributed by atoms with van der Waals surface area (Å²) in [6, 6.07) is 3.59. The van der Waals surface area contributed by atoms with Gasteiger partial charge in [-0.05, 0) is 10.9 Å². The van der Waals surface area contributed by atoms with Crippen LogP contribution in [0.25, 0.3) is 11.0 Å². The Kier molecular flexibility index (Phi) is 1.48. The third-order valence-corrected chi connectivity index (χ3v) is 1.57. The molecular weight excluding hydrogens is 175 g/mol. The Balaban J connectivity index is 2.86. The summed E-state index contributed by atoms with van der Waals surface area (Å²) >= 11 is 0. The Morgan fingerprint density at radius 3 is 3.00 bits per heavy atom. The molecule has 1 heterocycles. The van der Waals surface area contributed by atoms with Gasteiger partial charge < -0.3 is 10.9 Å². The molecule has 0 bridgehead atoms. The molecule has 0 aliphatic carbocycles. The molecule has 0 atom stereocenters. The van der Waals surface area contributed by atoms with Crippen molar-refractivity contribution in [2.45, 2.75) is 0 Å². The first-order chi connectivity index (χ1) is 6.16. The van der Waals surface area contributed by atoms with Gasteiger partial charge in [-0.15, -0.1) is 0 Å². The van der Waals surface area contributed by atoms with Crippen LogP contribution in [0.2, 0.25) is 0 Å². The monoisotopic (exact) mass is 180 g/mol. The second kappa shape index (κ2) is 2.51. The average molecular weight is 180 g/mol. The van der Waals surface area contributed by atoms with Gasteiger partial charge in [-0.2, -0.15) is 0 Å². The van der Waals surface area contributed by atoms with E-state index in [1.165, 1.54) is 6.07 Å². The van der Waals surface area contributed by atoms with Gasteiger partial charge in [0.1, 0.15) is 11.3 Å². The van der Waals surface area contributed by atoms with Crippen LogP contribution in [-0.4, -0.2) is 10.1 Å². The number of hydrogen-bond acceptors (Lipinski definition) is 4. The SMILES string of the molecule is Nc1nc2cc(F)ccc2[n+]([O-])n1. The molecule has 0 aliphatic heterocycles. The number of hydrogen-bond donors (Lipinski definition) is 1. The summed E-state index contributed by atoms with van der Waals surface area (Å²) in [6.45, 7) is 0. The summed E-state index contributed by atoms with van der Waals surface area (Å²) in [5.74, 6) is -0.640. The van der Waals surface area contributed by atoms with Gasteiger partial charge in [0.15, 0.2) is 0 Å². The number of fused-ring (bicyclic) bond motifs is 1. The molecule has 2 N–H and O–H groups in total. The zero-order chi connectivity index (χ0) is 9.42. The minimum atomic E-state index is -0.467. The van der Waals surface area contributed by atoms with Crippen LogP contribution in [0.3, 0.4) is 0 Å². The quantitative estimate of drug-likeness (QED) is 0.456. The molecule has 0 aliphatic rings. The fourth-order valence-electron chi connectivity index (χ4n) is 1.04. The number of rotatable bonds is 0. The van der Waals surface area contributed by atoms with Crippen LogP contribution in [-0.2, 0) is 0 Å². The van der Waals surface area contributed by atoms with Gasteiger partial charge in [-0.1, -0.05) is 0 Å². The smallest absolute Gasteiger partial charge is 0.288 e. The lowest BCUT2D eigenvalue weighted by molar-refractivity contribution is -0.641. The van der Waals surface area contributed by atoms with E-state index in [1.807, 2.05) is 0 Å². The third kappa shape index (κ3) is 1.22. The van der Waals surface area contributed by atoms with Crippen LogP contribution in [0, 0.1) is 11.0 Å². The van der Waals surface area contributed by atoms with Crippen molar-refractivity contribution in [1.29, 1.82) is 0 Å². The molecule has 66 valence electrons. The molecule has 2 rings (SSSR count). The first kappa shape index (κ1) is 7.66. The molecule has 5 nitrogen and oxygen atoms in total. The van der Waals surface area contributed by atoms with Gasteiger partial charge in [-0.3, -0.25) is 0 Å². The van der Waals surface area contributed by atoms with E-state index in [2.05, 4.69) is 10.1 Å². The van der Waals surface area contributed by atoms with Gasteiger partial charge in [0.05, 0.1) is 5.10 Å². The van der Waals surface area contributed by atoms with Crippen molar-refractivity contribution in [2.75, 3.05) is 5.73 Å². The standard InChI is InChI=1S/C7H5FN4O/c8-4-1-2-6-5(3-4)10-7(9)11-12(6)13/h1-3H,(H2,9,10,11). The minimum absolute atomic E-state index is 0.173. The van der Waals surface area contributed by atoms with E-state index in [9.17, 15) is 9.60 Å². The maximum absolute atomic E-state index is 12.7. The van der Waals surface area contributed by atoms with Crippen molar-refractivity contribution in [3.8, 4) is 0 Å². The van der Waals surface area contributed by atoms with E-state index >= 15 is 0 Å². The van der Waals surface area contributed by atoms with E-state index in [1.54, 1.807) is 0 Å². The maximum Gasteiger partial charge on any atom is 0.288 e. The van der Waals surface area contributed by atoms with Crippen molar-refractivity contribution in [2.24, 2.45) is 0 Å². The Labute approximate surface area is 72.2 Å². The summed E-state index contributed by atoms with van der Waals surface area (Å²) < 4.78 is 12.7. The molecule has 6 heteroatoms. The van der Waals surface area contributed by atoms with Gasteiger partial charge in [0, 0.05) is 12.1 Å². The summed E-state index contributed by atoms with van der Waals surface area (Å²) in [5, 5.41) is 14.4. The highest BCUT2D eigenvalue weighted by Crippen LogP contribution is 2.08. The molecule has 0 radical (unpaired) electrons. The molecule has 0 saturated heterocycles. The van der Waals surface area contributed by atoms with Crippen molar-refractivity contribution < 1.29 is 9.24 Å². The van der Waals surface area contributed by atoms with E-state index < -0.39 is 5.82 Å². The van der Waals surface area contributed by atoms with E-state index in [-0.39, 0.29) is 17.0 Å². The van der Waals surface area contributed by atoms with Gasteiger partial charge in [0.2, 0.25) is 0 Å². The van der Waals surface area contributed by atoms with Gasteiger partial charge >= 0.3 is 0 Å².